The summed E-state index contributed by atoms with van der Waals surface area (Å²) in [6.07, 6.45) is 0.688. The number of hydrogen-bond donors (Lipinski definition) is 1. The molecule has 1 aliphatic rings. The topological polar surface area (TPSA) is 40.5 Å². The Morgan fingerprint density at radius 2 is 2.25 bits per heavy atom. The molecule has 1 rings (SSSR count). The summed E-state index contributed by atoms with van der Waals surface area (Å²) >= 11 is 0. The van der Waals surface area contributed by atoms with E-state index < -0.39 is 5.60 Å². The van der Waals surface area contributed by atoms with Crippen LogP contribution in [0.25, 0.3) is 0 Å². The van der Waals surface area contributed by atoms with Crippen molar-refractivity contribution in [3.8, 4) is 0 Å². The maximum atomic E-state index is 11.2. The molecule has 2 unspecified atom stereocenters. The Labute approximate surface area is 73.4 Å². The molecule has 0 bridgehead atoms. The smallest absolute Gasteiger partial charge is 0.137 e. The van der Waals surface area contributed by atoms with Crippen LogP contribution in [-0.2, 0) is 4.79 Å². The van der Waals surface area contributed by atoms with Crippen molar-refractivity contribution >= 4 is 5.78 Å². The Morgan fingerprint density at radius 3 is 2.67 bits per heavy atom. The molecule has 3 nitrogen and oxygen atoms in total. The predicted molar refractivity (Wildman–Crippen MR) is 46.9 cm³/mol. The Balaban J connectivity index is 2.72. The van der Waals surface area contributed by atoms with Crippen LogP contribution in [0.4, 0.5) is 0 Å². The molecule has 1 aliphatic heterocycles. The average molecular weight is 171 g/mol. The highest BCUT2D eigenvalue weighted by Gasteiger charge is 2.39. The van der Waals surface area contributed by atoms with Crippen molar-refractivity contribution in [2.24, 2.45) is 5.92 Å². The summed E-state index contributed by atoms with van der Waals surface area (Å²) < 4.78 is 0. The summed E-state index contributed by atoms with van der Waals surface area (Å²) in [5, 5.41) is 9.87. The van der Waals surface area contributed by atoms with Crippen LogP contribution in [0.15, 0.2) is 0 Å². The Morgan fingerprint density at radius 1 is 1.67 bits per heavy atom. The zero-order valence-electron chi connectivity index (χ0n) is 8.00. The lowest BCUT2D eigenvalue weighted by atomic mass is 9.80. The van der Waals surface area contributed by atoms with E-state index in [9.17, 15) is 9.90 Å². The molecule has 0 aromatic carbocycles. The number of likely N-dealkylation sites (tertiary alicyclic amines) is 1. The van der Waals surface area contributed by atoms with Crippen molar-refractivity contribution in [2.75, 3.05) is 20.1 Å². The average Bonchev–Trinajstić information content (AvgIpc) is 1.94. The second-order valence-corrected chi connectivity index (χ2v) is 4.03. The van der Waals surface area contributed by atoms with Crippen molar-refractivity contribution in [1.29, 1.82) is 0 Å². The maximum absolute atomic E-state index is 11.2. The Hall–Kier alpha value is -0.410. The molecule has 0 spiro atoms. The first-order valence-electron chi connectivity index (χ1n) is 4.35. The summed E-state index contributed by atoms with van der Waals surface area (Å²) in [6.45, 7) is 4.86. The molecule has 70 valence electrons. The van der Waals surface area contributed by atoms with Crippen LogP contribution in [0.5, 0.6) is 0 Å². The van der Waals surface area contributed by atoms with Crippen LogP contribution in [0.3, 0.4) is 0 Å². The van der Waals surface area contributed by atoms with E-state index in [0.717, 1.165) is 6.54 Å². The lowest BCUT2D eigenvalue weighted by Crippen LogP contribution is -2.51. The number of carbonyl (C=O) groups is 1. The summed E-state index contributed by atoms with van der Waals surface area (Å²) in [4.78, 5) is 13.3. The predicted octanol–water partition coefficient (Wildman–Crippen LogP) is 0.278. The molecule has 0 amide bonds. The van der Waals surface area contributed by atoms with Crippen molar-refractivity contribution in [3.63, 3.8) is 0 Å². The first-order chi connectivity index (χ1) is 5.43. The number of piperidine rings is 1. The van der Waals surface area contributed by atoms with Gasteiger partial charge in [0.25, 0.3) is 0 Å². The third-order valence-corrected chi connectivity index (χ3v) is 2.74. The van der Waals surface area contributed by atoms with Crippen LogP contribution in [0, 0.1) is 5.92 Å². The normalized spacial score (nSPS) is 38.2. The van der Waals surface area contributed by atoms with Gasteiger partial charge >= 0.3 is 0 Å². The minimum absolute atomic E-state index is 0.0894. The SMILES string of the molecule is CC(=O)C1CN(C)CCC1(C)O. The van der Waals surface area contributed by atoms with Gasteiger partial charge in [0.15, 0.2) is 0 Å². The fourth-order valence-corrected chi connectivity index (χ4v) is 1.76. The van der Waals surface area contributed by atoms with E-state index in [2.05, 4.69) is 4.90 Å². The Bertz CT molecular complexity index is 189. The third kappa shape index (κ3) is 1.84. The molecule has 2 atom stereocenters. The third-order valence-electron chi connectivity index (χ3n) is 2.74. The van der Waals surface area contributed by atoms with Gasteiger partial charge in [-0.15, -0.1) is 0 Å². The van der Waals surface area contributed by atoms with Crippen LogP contribution >= 0.6 is 0 Å². The van der Waals surface area contributed by atoms with Gasteiger partial charge in [-0.3, -0.25) is 4.79 Å². The van der Waals surface area contributed by atoms with Crippen LogP contribution in [-0.4, -0.2) is 41.5 Å². The summed E-state index contributed by atoms with van der Waals surface area (Å²) in [5.74, 6) is -0.122. The lowest BCUT2D eigenvalue weighted by Gasteiger charge is -2.39. The number of Topliss-reactive ketones (excluding diaryl/α,β-unsaturated/α-hetero) is 1. The number of rotatable bonds is 1. The quantitative estimate of drug-likeness (QED) is 0.616. The second-order valence-electron chi connectivity index (χ2n) is 4.03. The number of aliphatic hydroxyl groups is 1. The number of ketones is 1. The molecule has 0 radical (unpaired) electrons. The Kier molecular flexibility index (Phi) is 2.54. The van der Waals surface area contributed by atoms with Crippen molar-refractivity contribution in [3.05, 3.63) is 0 Å². The second kappa shape index (κ2) is 3.15. The van der Waals surface area contributed by atoms with E-state index in [0.29, 0.717) is 13.0 Å². The van der Waals surface area contributed by atoms with Gasteiger partial charge < -0.3 is 10.0 Å². The number of hydrogen-bond acceptors (Lipinski definition) is 3. The van der Waals surface area contributed by atoms with Crippen LogP contribution in [0.1, 0.15) is 20.3 Å². The molecular weight excluding hydrogens is 154 g/mol. The number of nitrogens with zero attached hydrogens (tertiary/aromatic N) is 1. The van der Waals surface area contributed by atoms with Gasteiger partial charge in [-0.1, -0.05) is 0 Å². The largest absolute Gasteiger partial charge is 0.389 e. The van der Waals surface area contributed by atoms with Gasteiger partial charge in [0.1, 0.15) is 5.78 Å². The van der Waals surface area contributed by atoms with E-state index in [4.69, 9.17) is 0 Å². The monoisotopic (exact) mass is 171 g/mol. The van der Waals surface area contributed by atoms with Crippen molar-refractivity contribution < 1.29 is 9.90 Å². The van der Waals surface area contributed by atoms with E-state index in [-0.39, 0.29) is 11.7 Å². The lowest BCUT2D eigenvalue weighted by molar-refractivity contribution is -0.134. The molecule has 0 aromatic heterocycles. The standard InChI is InChI=1S/C9H17NO2/c1-7(11)8-6-10(3)5-4-9(8,2)12/h8,12H,4-6H2,1-3H3. The van der Waals surface area contributed by atoms with Crippen LogP contribution < -0.4 is 0 Å². The molecule has 3 heteroatoms. The van der Waals surface area contributed by atoms with E-state index >= 15 is 0 Å². The zero-order valence-corrected chi connectivity index (χ0v) is 8.00. The van der Waals surface area contributed by atoms with Crippen molar-refractivity contribution in [2.45, 2.75) is 25.9 Å². The van der Waals surface area contributed by atoms with E-state index in [1.807, 2.05) is 7.05 Å². The first-order valence-corrected chi connectivity index (χ1v) is 4.35. The molecular formula is C9H17NO2. The van der Waals surface area contributed by atoms with Gasteiger partial charge in [-0.2, -0.15) is 0 Å². The molecule has 0 saturated carbocycles. The van der Waals surface area contributed by atoms with Gasteiger partial charge in [0.05, 0.1) is 11.5 Å². The fraction of sp³-hybridized carbons (Fsp3) is 0.889. The molecule has 1 saturated heterocycles. The minimum atomic E-state index is -0.793. The van der Waals surface area contributed by atoms with Gasteiger partial charge in [-0.05, 0) is 27.3 Å². The van der Waals surface area contributed by atoms with Crippen molar-refractivity contribution in [1.82, 2.24) is 4.90 Å². The van der Waals surface area contributed by atoms with Gasteiger partial charge in [-0.25, -0.2) is 0 Å². The highest BCUT2D eigenvalue weighted by molar-refractivity contribution is 5.79. The highest BCUT2D eigenvalue weighted by atomic mass is 16.3. The molecule has 1 fully saturated rings. The first kappa shape index (κ1) is 9.68. The minimum Gasteiger partial charge on any atom is -0.389 e. The highest BCUT2D eigenvalue weighted by Crippen LogP contribution is 2.27. The number of carbonyl (C=O) groups excluding carboxylic acids is 1. The summed E-state index contributed by atoms with van der Waals surface area (Å²) in [5.41, 5.74) is -0.793. The summed E-state index contributed by atoms with van der Waals surface area (Å²) in [6, 6.07) is 0. The zero-order chi connectivity index (χ0) is 9.35. The molecule has 0 aliphatic carbocycles. The van der Waals surface area contributed by atoms with E-state index in [1.165, 1.54) is 0 Å². The molecule has 1 N–H and O–H groups in total. The van der Waals surface area contributed by atoms with E-state index in [1.54, 1.807) is 13.8 Å². The maximum Gasteiger partial charge on any atom is 0.137 e. The fourth-order valence-electron chi connectivity index (χ4n) is 1.76. The van der Waals surface area contributed by atoms with Gasteiger partial charge in [0.2, 0.25) is 0 Å². The molecule has 1 heterocycles. The summed E-state index contributed by atoms with van der Waals surface area (Å²) in [7, 11) is 1.98. The molecule has 12 heavy (non-hydrogen) atoms. The molecule has 0 aromatic rings. The van der Waals surface area contributed by atoms with Crippen LogP contribution in [0.2, 0.25) is 0 Å². The van der Waals surface area contributed by atoms with Gasteiger partial charge in [0, 0.05) is 13.1 Å².